The largest absolute Gasteiger partial charge is 0.444 e. The molecule has 0 saturated carbocycles. The third kappa shape index (κ3) is 4.51. The number of nitrogens with one attached hydrogen (secondary N) is 2. The first kappa shape index (κ1) is 14.3. The molecule has 2 N–H and O–H groups in total. The van der Waals surface area contributed by atoms with Crippen LogP contribution < -0.4 is 10.6 Å². The highest BCUT2D eigenvalue weighted by Crippen LogP contribution is 2.03. The maximum absolute atomic E-state index is 11.6. The van der Waals surface area contributed by atoms with Crippen molar-refractivity contribution >= 4 is 5.91 Å². The second-order valence-corrected chi connectivity index (χ2v) is 4.44. The first-order valence-corrected chi connectivity index (χ1v) is 6.73. The topological polar surface area (TPSA) is 67.2 Å². The summed E-state index contributed by atoms with van der Waals surface area (Å²) < 4.78 is 5.44. The lowest BCUT2D eigenvalue weighted by molar-refractivity contribution is -0.120. The average molecular weight is 273 g/mol. The van der Waals surface area contributed by atoms with Gasteiger partial charge in [0.2, 0.25) is 11.8 Å². The molecule has 0 fully saturated rings. The van der Waals surface area contributed by atoms with E-state index in [0.29, 0.717) is 19.0 Å². The van der Waals surface area contributed by atoms with Crippen LogP contribution in [0.15, 0.2) is 40.9 Å². The smallest absolute Gasteiger partial charge is 0.234 e. The summed E-state index contributed by atoms with van der Waals surface area (Å²) in [5.41, 5.74) is 1.08. The normalized spacial score (nSPS) is 10.4. The Bertz CT molecular complexity index is 537. The quantitative estimate of drug-likeness (QED) is 0.805. The molecule has 1 heterocycles. The lowest BCUT2D eigenvalue weighted by Crippen LogP contribution is -2.33. The third-order valence-electron chi connectivity index (χ3n) is 2.84. The van der Waals surface area contributed by atoms with Crippen LogP contribution in [0.25, 0.3) is 0 Å². The fraction of sp³-hybridized carbons (Fsp3) is 0.333. The lowest BCUT2D eigenvalue weighted by Gasteiger charge is -2.05. The molecule has 5 heteroatoms. The second kappa shape index (κ2) is 7.45. The molecule has 0 bridgehead atoms. The highest BCUT2D eigenvalue weighted by atomic mass is 16.4. The van der Waals surface area contributed by atoms with Crippen LogP contribution in [0.3, 0.4) is 0 Å². The number of rotatable bonds is 7. The van der Waals surface area contributed by atoms with Crippen LogP contribution in [0, 0.1) is 0 Å². The number of oxazole rings is 1. The fourth-order valence-electron chi connectivity index (χ4n) is 1.74. The van der Waals surface area contributed by atoms with Gasteiger partial charge in [0.05, 0.1) is 19.3 Å². The van der Waals surface area contributed by atoms with Crippen LogP contribution >= 0.6 is 0 Å². The number of aromatic nitrogens is 1. The van der Waals surface area contributed by atoms with Crippen molar-refractivity contribution in [3.63, 3.8) is 0 Å². The summed E-state index contributed by atoms with van der Waals surface area (Å²) >= 11 is 0. The average Bonchev–Trinajstić information content (AvgIpc) is 2.94. The SMILES string of the molecule is CCc1cnc(CNCC(=O)NCc2ccccc2)o1. The molecule has 0 aliphatic heterocycles. The van der Waals surface area contributed by atoms with Crippen LogP contribution in [-0.2, 0) is 24.3 Å². The number of hydrogen-bond donors (Lipinski definition) is 2. The Morgan fingerprint density at radius 1 is 1.25 bits per heavy atom. The summed E-state index contributed by atoms with van der Waals surface area (Å²) in [6, 6.07) is 9.81. The van der Waals surface area contributed by atoms with Crippen molar-refractivity contribution < 1.29 is 9.21 Å². The van der Waals surface area contributed by atoms with Gasteiger partial charge in [0, 0.05) is 13.0 Å². The van der Waals surface area contributed by atoms with Crippen molar-refractivity contribution in [1.29, 1.82) is 0 Å². The van der Waals surface area contributed by atoms with E-state index in [1.807, 2.05) is 37.3 Å². The molecule has 1 aromatic carbocycles. The van der Waals surface area contributed by atoms with Crippen molar-refractivity contribution in [2.24, 2.45) is 0 Å². The van der Waals surface area contributed by atoms with Gasteiger partial charge in [-0.1, -0.05) is 37.3 Å². The van der Waals surface area contributed by atoms with Crippen LogP contribution in [0.1, 0.15) is 24.1 Å². The summed E-state index contributed by atoms with van der Waals surface area (Å²) in [7, 11) is 0. The maximum Gasteiger partial charge on any atom is 0.234 e. The van der Waals surface area contributed by atoms with Crippen LogP contribution in [-0.4, -0.2) is 17.4 Å². The van der Waals surface area contributed by atoms with Gasteiger partial charge in [-0.3, -0.25) is 10.1 Å². The van der Waals surface area contributed by atoms with E-state index in [0.717, 1.165) is 17.7 Å². The Balaban J connectivity index is 1.65. The molecule has 0 aliphatic carbocycles. The maximum atomic E-state index is 11.6. The Labute approximate surface area is 118 Å². The Morgan fingerprint density at radius 3 is 2.75 bits per heavy atom. The molecule has 0 unspecified atom stereocenters. The number of nitrogens with zero attached hydrogens (tertiary/aromatic N) is 1. The number of amides is 1. The Morgan fingerprint density at radius 2 is 2.05 bits per heavy atom. The predicted molar refractivity (Wildman–Crippen MR) is 75.9 cm³/mol. The van der Waals surface area contributed by atoms with Gasteiger partial charge in [-0.05, 0) is 5.56 Å². The zero-order valence-corrected chi connectivity index (χ0v) is 11.6. The molecule has 1 aromatic heterocycles. The number of carbonyl (C=O) groups is 1. The molecular formula is C15H19N3O2. The zero-order valence-electron chi connectivity index (χ0n) is 11.6. The van der Waals surface area contributed by atoms with Gasteiger partial charge in [0.25, 0.3) is 0 Å². The van der Waals surface area contributed by atoms with Crippen LogP contribution in [0.2, 0.25) is 0 Å². The molecule has 0 aliphatic rings. The highest BCUT2D eigenvalue weighted by molar-refractivity contribution is 5.77. The van der Waals surface area contributed by atoms with Gasteiger partial charge in [-0.15, -0.1) is 0 Å². The molecule has 0 atom stereocenters. The summed E-state index contributed by atoms with van der Waals surface area (Å²) in [5.74, 6) is 1.42. The van der Waals surface area contributed by atoms with E-state index < -0.39 is 0 Å². The van der Waals surface area contributed by atoms with E-state index in [4.69, 9.17) is 4.42 Å². The first-order chi connectivity index (χ1) is 9.78. The summed E-state index contributed by atoms with van der Waals surface area (Å²) in [5, 5.41) is 5.86. The second-order valence-electron chi connectivity index (χ2n) is 4.44. The highest BCUT2D eigenvalue weighted by Gasteiger charge is 2.04. The van der Waals surface area contributed by atoms with Crippen molar-refractivity contribution in [2.45, 2.75) is 26.4 Å². The number of carbonyl (C=O) groups excluding carboxylic acids is 1. The van der Waals surface area contributed by atoms with Gasteiger partial charge in [-0.25, -0.2) is 4.98 Å². The van der Waals surface area contributed by atoms with E-state index in [-0.39, 0.29) is 12.5 Å². The molecule has 2 rings (SSSR count). The van der Waals surface area contributed by atoms with Crippen molar-refractivity contribution in [3.05, 3.63) is 53.7 Å². The van der Waals surface area contributed by atoms with Gasteiger partial charge < -0.3 is 9.73 Å². The molecule has 106 valence electrons. The van der Waals surface area contributed by atoms with Crippen molar-refractivity contribution in [1.82, 2.24) is 15.6 Å². The molecule has 0 radical (unpaired) electrons. The number of hydrogen-bond acceptors (Lipinski definition) is 4. The minimum absolute atomic E-state index is 0.0453. The standard InChI is InChI=1S/C15H19N3O2/c1-2-13-9-18-15(20-13)11-16-10-14(19)17-8-12-6-4-3-5-7-12/h3-7,9,16H,2,8,10-11H2,1H3,(H,17,19). The van der Waals surface area contributed by atoms with E-state index in [1.54, 1.807) is 6.20 Å². The molecule has 0 spiro atoms. The first-order valence-electron chi connectivity index (χ1n) is 6.73. The fourth-order valence-corrected chi connectivity index (χ4v) is 1.74. The Hall–Kier alpha value is -2.14. The van der Waals surface area contributed by atoms with E-state index >= 15 is 0 Å². The van der Waals surface area contributed by atoms with Crippen molar-refractivity contribution in [2.75, 3.05) is 6.54 Å². The third-order valence-corrected chi connectivity index (χ3v) is 2.84. The van der Waals surface area contributed by atoms with Crippen molar-refractivity contribution in [3.8, 4) is 0 Å². The summed E-state index contributed by atoms with van der Waals surface area (Å²) in [4.78, 5) is 15.8. The van der Waals surface area contributed by atoms with Gasteiger partial charge in [0.1, 0.15) is 5.76 Å². The van der Waals surface area contributed by atoms with Crippen LogP contribution in [0.5, 0.6) is 0 Å². The van der Waals surface area contributed by atoms with Gasteiger partial charge in [-0.2, -0.15) is 0 Å². The minimum atomic E-state index is -0.0453. The summed E-state index contributed by atoms with van der Waals surface area (Å²) in [6.07, 6.45) is 2.54. The Kier molecular flexibility index (Phi) is 5.32. The molecular weight excluding hydrogens is 254 g/mol. The van der Waals surface area contributed by atoms with Gasteiger partial charge >= 0.3 is 0 Å². The zero-order chi connectivity index (χ0) is 14.2. The molecule has 20 heavy (non-hydrogen) atoms. The monoisotopic (exact) mass is 273 g/mol. The van der Waals surface area contributed by atoms with E-state index in [9.17, 15) is 4.79 Å². The molecule has 5 nitrogen and oxygen atoms in total. The molecule has 0 saturated heterocycles. The van der Waals surface area contributed by atoms with Gasteiger partial charge in [0.15, 0.2) is 0 Å². The number of aryl methyl sites for hydroxylation is 1. The lowest BCUT2D eigenvalue weighted by atomic mass is 10.2. The number of benzene rings is 1. The molecule has 2 aromatic rings. The predicted octanol–water partition coefficient (Wildman–Crippen LogP) is 1.64. The van der Waals surface area contributed by atoms with E-state index in [1.165, 1.54) is 0 Å². The molecule has 1 amide bonds. The minimum Gasteiger partial charge on any atom is -0.444 e. The van der Waals surface area contributed by atoms with E-state index in [2.05, 4.69) is 15.6 Å². The van der Waals surface area contributed by atoms with Crippen LogP contribution in [0.4, 0.5) is 0 Å². The summed E-state index contributed by atoms with van der Waals surface area (Å²) in [6.45, 7) is 3.25.